The van der Waals surface area contributed by atoms with Gasteiger partial charge in [0.15, 0.2) is 0 Å². The molecule has 0 bridgehead atoms. The molecule has 4 rings (SSSR count). The Labute approximate surface area is 298 Å². The molecule has 0 spiro atoms. The minimum absolute atomic E-state index is 0.0179. The Morgan fingerprint density at radius 2 is 1.63 bits per heavy atom. The van der Waals surface area contributed by atoms with Crippen LogP contribution in [0.25, 0.3) is 5.78 Å². The Bertz CT molecular complexity index is 1720. The van der Waals surface area contributed by atoms with Gasteiger partial charge >= 0.3 is 0 Å². The minimum Gasteiger partial charge on any atom is -0.497 e. The van der Waals surface area contributed by atoms with Crippen LogP contribution in [0.2, 0.25) is 0 Å². The molecule has 15 heteroatoms. The third-order valence-electron chi connectivity index (χ3n) is 9.16. The monoisotopic (exact) mass is 705 g/mol. The van der Waals surface area contributed by atoms with E-state index < -0.39 is 47.8 Å². The van der Waals surface area contributed by atoms with Gasteiger partial charge in [-0.05, 0) is 68.7 Å². The average Bonchev–Trinajstić information content (AvgIpc) is 3.54. The van der Waals surface area contributed by atoms with E-state index in [2.05, 4.69) is 36.3 Å². The second-order valence-corrected chi connectivity index (χ2v) is 14.0. The van der Waals surface area contributed by atoms with Gasteiger partial charge in [-0.1, -0.05) is 39.8 Å². The van der Waals surface area contributed by atoms with Gasteiger partial charge in [-0.25, -0.2) is 9.50 Å². The number of aromatic nitrogens is 4. The molecule has 5 amide bonds. The van der Waals surface area contributed by atoms with Crippen LogP contribution >= 0.6 is 0 Å². The van der Waals surface area contributed by atoms with Crippen LogP contribution in [0.1, 0.15) is 70.0 Å². The number of methoxy groups -OCH3 is 1. The molecular formula is C36H51N9O6. The number of hydrogen-bond acceptors (Lipinski definition) is 9. The van der Waals surface area contributed by atoms with Crippen molar-refractivity contribution in [3.63, 3.8) is 0 Å². The van der Waals surface area contributed by atoms with Crippen LogP contribution in [0, 0.1) is 25.7 Å². The van der Waals surface area contributed by atoms with Crippen LogP contribution in [0.15, 0.2) is 30.6 Å². The van der Waals surface area contributed by atoms with Gasteiger partial charge in [-0.15, -0.1) is 0 Å². The van der Waals surface area contributed by atoms with E-state index in [4.69, 9.17) is 4.74 Å². The average molecular weight is 706 g/mol. The lowest BCUT2D eigenvalue weighted by Gasteiger charge is -2.31. The number of carbonyl (C=O) groups is 5. The van der Waals surface area contributed by atoms with Gasteiger partial charge in [-0.2, -0.15) is 10.1 Å². The van der Waals surface area contributed by atoms with Crippen LogP contribution in [-0.2, 0) is 36.8 Å². The largest absolute Gasteiger partial charge is 0.497 e. The molecule has 4 N–H and O–H groups in total. The fourth-order valence-electron chi connectivity index (χ4n) is 6.10. The van der Waals surface area contributed by atoms with Crippen molar-refractivity contribution < 1.29 is 28.7 Å². The van der Waals surface area contributed by atoms with E-state index in [9.17, 15) is 24.0 Å². The molecule has 1 aliphatic heterocycles. The highest BCUT2D eigenvalue weighted by Gasteiger charge is 2.32. The summed E-state index contributed by atoms with van der Waals surface area (Å²) in [6.07, 6.45) is 2.25. The number of rotatable bonds is 9. The molecule has 0 saturated carbocycles. The topological polar surface area (TPSA) is 189 Å². The number of hydrogen-bond donors (Lipinski definition) is 4. The first kappa shape index (κ1) is 38.7. The van der Waals surface area contributed by atoms with Crippen LogP contribution in [0.5, 0.6) is 5.75 Å². The summed E-state index contributed by atoms with van der Waals surface area (Å²) in [5.41, 5.74) is 3.15. The second-order valence-electron chi connectivity index (χ2n) is 14.0. The quantitative estimate of drug-likeness (QED) is 0.255. The highest BCUT2D eigenvalue weighted by Crippen LogP contribution is 2.17. The smallest absolute Gasteiger partial charge is 0.252 e. The Balaban J connectivity index is 1.62. The summed E-state index contributed by atoms with van der Waals surface area (Å²) in [4.78, 5) is 78.6. The van der Waals surface area contributed by atoms with Crippen molar-refractivity contribution in [3.05, 3.63) is 53.1 Å². The number of benzene rings is 1. The molecule has 2 aromatic heterocycles. The summed E-state index contributed by atoms with van der Waals surface area (Å²) in [5, 5.41) is 15.6. The van der Waals surface area contributed by atoms with Crippen molar-refractivity contribution in [2.75, 3.05) is 20.2 Å². The van der Waals surface area contributed by atoms with E-state index >= 15 is 0 Å². The number of fused-ring (bicyclic) bond motifs is 1. The first-order valence-electron chi connectivity index (χ1n) is 17.4. The van der Waals surface area contributed by atoms with Gasteiger partial charge in [0.05, 0.1) is 13.7 Å². The van der Waals surface area contributed by atoms with Crippen LogP contribution in [-0.4, -0.2) is 98.4 Å². The van der Waals surface area contributed by atoms with Crippen molar-refractivity contribution >= 4 is 35.3 Å². The predicted octanol–water partition coefficient (Wildman–Crippen LogP) is 1.43. The van der Waals surface area contributed by atoms with E-state index in [1.54, 1.807) is 42.8 Å². The zero-order valence-corrected chi connectivity index (χ0v) is 30.8. The lowest BCUT2D eigenvalue weighted by Crippen LogP contribution is -2.57. The molecule has 1 aromatic carbocycles. The molecule has 0 unspecified atom stereocenters. The standard InChI is InChI=1S/C36H51N9O6/c1-20(2)15-28-35(50)42-29(16-25-9-11-26(51-8)12-10-25)34(49)39-23(6)33(48)43-30(21(3)4)17-44(18-31(46)41-28)32(47)14-13-27-22(5)40-36-37-19-38-45(36)24(27)7/h9-12,19-21,23,28-30H,13-18H2,1-8H3,(H,39,49)(H,41,46)(H,42,50)(H,43,48)/t23-,28+,29+,30-/m1/s1. The number of nitrogens with one attached hydrogen (secondary N) is 4. The van der Waals surface area contributed by atoms with Crippen molar-refractivity contribution in [3.8, 4) is 5.75 Å². The maximum absolute atomic E-state index is 13.9. The van der Waals surface area contributed by atoms with E-state index in [1.165, 1.54) is 11.2 Å². The Morgan fingerprint density at radius 3 is 2.27 bits per heavy atom. The molecule has 1 saturated heterocycles. The Kier molecular flexibility index (Phi) is 13.1. The molecule has 1 fully saturated rings. The van der Waals surface area contributed by atoms with Crippen molar-refractivity contribution in [1.29, 1.82) is 0 Å². The summed E-state index contributed by atoms with van der Waals surface area (Å²) < 4.78 is 6.87. The van der Waals surface area contributed by atoms with E-state index in [0.717, 1.165) is 22.5 Å². The van der Waals surface area contributed by atoms with Crippen molar-refractivity contribution in [1.82, 2.24) is 45.7 Å². The summed E-state index contributed by atoms with van der Waals surface area (Å²) in [5.74, 6) is -1.39. The molecule has 51 heavy (non-hydrogen) atoms. The molecule has 4 atom stereocenters. The van der Waals surface area contributed by atoms with Gasteiger partial charge in [0.25, 0.3) is 5.78 Å². The number of ether oxygens (including phenoxy) is 1. The molecule has 0 radical (unpaired) electrons. The highest BCUT2D eigenvalue weighted by atomic mass is 16.5. The summed E-state index contributed by atoms with van der Waals surface area (Å²) in [7, 11) is 1.55. The normalized spacial score (nSPS) is 21.1. The SMILES string of the molecule is COc1ccc(C[C@@H]2NC(=O)[C@H](CC(C)C)NC(=O)CN(C(=O)CCc3c(C)nc4ncnn4c3C)C[C@H](C(C)C)NC(=O)[C@@H](C)NC2=O)cc1. The van der Waals surface area contributed by atoms with Crippen LogP contribution in [0.3, 0.4) is 0 Å². The molecule has 276 valence electrons. The fourth-order valence-corrected chi connectivity index (χ4v) is 6.10. The predicted molar refractivity (Wildman–Crippen MR) is 190 cm³/mol. The zero-order chi connectivity index (χ0) is 37.4. The summed E-state index contributed by atoms with van der Waals surface area (Å²) in [6, 6.07) is 3.58. The molecular weight excluding hydrogens is 654 g/mol. The Hall–Kier alpha value is -5.08. The lowest BCUT2D eigenvalue weighted by molar-refractivity contribution is -0.138. The third kappa shape index (κ3) is 10.2. The summed E-state index contributed by atoms with van der Waals surface area (Å²) in [6.45, 7) is 12.7. The van der Waals surface area contributed by atoms with Gasteiger partial charge < -0.3 is 30.9 Å². The summed E-state index contributed by atoms with van der Waals surface area (Å²) >= 11 is 0. The minimum atomic E-state index is -1.05. The van der Waals surface area contributed by atoms with E-state index in [-0.39, 0.29) is 43.7 Å². The first-order chi connectivity index (χ1) is 24.2. The zero-order valence-electron chi connectivity index (χ0n) is 30.8. The van der Waals surface area contributed by atoms with E-state index in [1.807, 2.05) is 41.5 Å². The maximum atomic E-state index is 13.9. The molecule has 15 nitrogen and oxygen atoms in total. The van der Waals surface area contributed by atoms with Gasteiger partial charge in [0.1, 0.15) is 30.2 Å². The number of aryl methyl sites for hydroxylation is 2. The second kappa shape index (κ2) is 17.2. The maximum Gasteiger partial charge on any atom is 0.252 e. The highest BCUT2D eigenvalue weighted by molar-refractivity contribution is 5.95. The third-order valence-corrected chi connectivity index (χ3v) is 9.16. The molecule has 3 aromatic rings. The van der Waals surface area contributed by atoms with Crippen molar-refractivity contribution in [2.45, 2.75) is 98.3 Å². The van der Waals surface area contributed by atoms with Gasteiger partial charge in [0.2, 0.25) is 29.5 Å². The number of carbonyl (C=O) groups excluding carboxylic acids is 5. The number of nitrogens with zero attached hydrogens (tertiary/aromatic N) is 5. The fraction of sp³-hybridized carbons (Fsp3) is 0.556. The lowest BCUT2D eigenvalue weighted by atomic mass is 10.0. The van der Waals surface area contributed by atoms with Crippen LogP contribution < -0.4 is 26.0 Å². The van der Waals surface area contributed by atoms with E-state index in [0.29, 0.717) is 24.4 Å². The van der Waals surface area contributed by atoms with Crippen molar-refractivity contribution in [2.24, 2.45) is 11.8 Å². The molecule has 1 aliphatic rings. The Morgan fingerprint density at radius 1 is 0.941 bits per heavy atom. The first-order valence-corrected chi connectivity index (χ1v) is 17.4. The number of amides is 5. The molecule has 0 aliphatic carbocycles. The van der Waals surface area contributed by atoms with Gasteiger partial charge in [0, 0.05) is 36.8 Å². The van der Waals surface area contributed by atoms with Crippen LogP contribution in [0.4, 0.5) is 0 Å². The molecule has 3 heterocycles. The van der Waals surface area contributed by atoms with Gasteiger partial charge in [-0.3, -0.25) is 24.0 Å².